The molecule has 7 nitrogen and oxygen atoms in total. The summed E-state index contributed by atoms with van der Waals surface area (Å²) in [5.41, 5.74) is -2.03. The van der Waals surface area contributed by atoms with Crippen molar-refractivity contribution in [3.63, 3.8) is 0 Å². The van der Waals surface area contributed by atoms with Crippen LogP contribution < -0.4 is 10.4 Å². The largest absolute Gasteiger partial charge is 0.833 e. The first kappa shape index (κ1) is 24.7. The van der Waals surface area contributed by atoms with Crippen molar-refractivity contribution < 1.29 is 28.7 Å². The zero-order valence-electron chi connectivity index (χ0n) is 20.0. The van der Waals surface area contributed by atoms with Crippen LogP contribution in [0.3, 0.4) is 0 Å². The average Bonchev–Trinajstić information content (AvgIpc) is 3.60. The van der Waals surface area contributed by atoms with Gasteiger partial charge in [-0.05, 0) is 35.7 Å². The normalized spacial score (nSPS) is 26.9. The number of thiophene rings is 2. The SMILES string of the molecule is O=C(NC1CCCCC1)OCC[N+]12CCC(CC1)C(OC(=O)C([O-])(c1cccs1)c1cccs1)C2. The Kier molecular flexibility index (Phi) is 7.48. The lowest BCUT2D eigenvalue weighted by Gasteiger charge is -2.52. The number of hydrogen-bond acceptors (Lipinski definition) is 7. The van der Waals surface area contributed by atoms with E-state index in [0.717, 1.165) is 56.1 Å². The van der Waals surface area contributed by atoms with Crippen molar-refractivity contribution in [2.75, 3.05) is 32.8 Å². The molecule has 190 valence electrons. The predicted molar refractivity (Wildman–Crippen MR) is 133 cm³/mol. The van der Waals surface area contributed by atoms with Crippen LogP contribution in [0, 0.1) is 5.92 Å². The number of alkyl carbamates (subject to hydrolysis) is 1. The van der Waals surface area contributed by atoms with Gasteiger partial charge < -0.3 is 24.4 Å². The third-order valence-electron chi connectivity index (χ3n) is 8.05. The molecule has 4 aliphatic rings. The van der Waals surface area contributed by atoms with Crippen molar-refractivity contribution in [3.8, 4) is 0 Å². The van der Waals surface area contributed by atoms with Crippen molar-refractivity contribution in [2.45, 2.75) is 62.7 Å². The van der Waals surface area contributed by atoms with Crippen molar-refractivity contribution in [2.24, 2.45) is 5.92 Å². The molecule has 1 unspecified atom stereocenters. The molecular formula is C26H34N2O5S2. The van der Waals surface area contributed by atoms with Crippen LogP contribution in [0.25, 0.3) is 0 Å². The first-order valence-electron chi connectivity index (χ1n) is 12.8. The van der Waals surface area contributed by atoms with E-state index in [1.165, 1.54) is 29.1 Å². The fraction of sp³-hybridized carbons (Fsp3) is 0.615. The Hall–Kier alpha value is -1.94. The number of quaternary nitrogens is 1. The van der Waals surface area contributed by atoms with Gasteiger partial charge in [0, 0.05) is 34.6 Å². The van der Waals surface area contributed by atoms with Gasteiger partial charge in [0.15, 0.2) is 6.10 Å². The molecule has 3 saturated heterocycles. The molecule has 6 rings (SSSR count). The molecule has 1 aliphatic carbocycles. The van der Waals surface area contributed by atoms with Crippen LogP contribution in [-0.4, -0.2) is 61.5 Å². The zero-order valence-corrected chi connectivity index (χ0v) is 21.6. The highest BCUT2D eigenvalue weighted by molar-refractivity contribution is 7.12. The Morgan fingerprint density at radius 3 is 2.29 bits per heavy atom. The van der Waals surface area contributed by atoms with Crippen molar-refractivity contribution in [3.05, 3.63) is 44.8 Å². The molecule has 1 atom stereocenters. The van der Waals surface area contributed by atoms with E-state index in [0.29, 0.717) is 29.5 Å². The van der Waals surface area contributed by atoms with Gasteiger partial charge in [-0.1, -0.05) is 31.4 Å². The third-order valence-corrected chi connectivity index (χ3v) is 9.99. The van der Waals surface area contributed by atoms with E-state index in [-0.39, 0.29) is 24.2 Å². The van der Waals surface area contributed by atoms with E-state index in [9.17, 15) is 14.7 Å². The highest BCUT2D eigenvalue weighted by atomic mass is 32.1. The number of hydrogen-bond donors (Lipinski definition) is 1. The Morgan fingerprint density at radius 1 is 1.03 bits per heavy atom. The van der Waals surface area contributed by atoms with Crippen molar-refractivity contribution in [1.29, 1.82) is 0 Å². The number of carbonyl (C=O) groups excluding carboxylic acids is 2. The summed E-state index contributed by atoms with van der Waals surface area (Å²) in [6.45, 7) is 3.71. The number of ether oxygens (including phenoxy) is 2. The summed E-state index contributed by atoms with van der Waals surface area (Å²) < 4.78 is 12.3. The molecule has 35 heavy (non-hydrogen) atoms. The summed E-state index contributed by atoms with van der Waals surface area (Å²) in [5, 5.41) is 20.6. The highest BCUT2D eigenvalue weighted by Crippen LogP contribution is 2.39. The minimum Gasteiger partial charge on any atom is -0.833 e. The molecular weight excluding hydrogens is 484 g/mol. The second-order valence-electron chi connectivity index (χ2n) is 10.2. The van der Waals surface area contributed by atoms with Gasteiger partial charge >= 0.3 is 12.1 Å². The monoisotopic (exact) mass is 518 g/mol. The lowest BCUT2D eigenvalue weighted by Crippen LogP contribution is -2.66. The van der Waals surface area contributed by atoms with E-state index < -0.39 is 11.6 Å². The van der Waals surface area contributed by atoms with E-state index in [1.807, 2.05) is 10.8 Å². The smallest absolute Gasteiger partial charge is 0.407 e. The maximum atomic E-state index is 14.0. The molecule has 9 heteroatoms. The maximum Gasteiger partial charge on any atom is 0.407 e. The van der Waals surface area contributed by atoms with Gasteiger partial charge in [0.2, 0.25) is 0 Å². The number of nitrogens with zero attached hydrogens (tertiary/aromatic N) is 1. The van der Waals surface area contributed by atoms with Crippen LogP contribution in [0.15, 0.2) is 35.0 Å². The maximum absolute atomic E-state index is 14.0. The van der Waals surface area contributed by atoms with E-state index in [2.05, 4.69) is 5.32 Å². The number of carbonyl (C=O) groups is 2. The summed E-state index contributed by atoms with van der Waals surface area (Å²) in [6.07, 6.45) is 6.93. The van der Waals surface area contributed by atoms with Gasteiger partial charge in [-0.15, -0.1) is 22.7 Å². The van der Waals surface area contributed by atoms with Gasteiger partial charge in [0.25, 0.3) is 0 Å². The van der Waals surface area contributed by atoms with E-state index >= 15 is 0 Å². The fourth-order valence-electron chi connectivity index (χ4n) is 5.96. The second-order valence-corrected chi connectivity index (χ2v) is 12.1. The quantitative estimate of drug-likeness (QED) is 0.426. The Balaban J connectivity index is 1.19. The van der Waals surface area contributed by atoms with Gasteiger partial charge in [0.1, 0.15) is 19.7 Å². The van der Waals surface area contributed by atoms with Gasteiger partial charge in [0.05, 0.1) is 18.7 Å². The summed E-state index contributed by atoms with van der Waals surface area (Å²) in [4.78, 5) is 26.6. The first-order chi connectivity index (χ1) is 17.0. The first-order valence-corrected chi connectivity index (χ1v) is 14.5. The summed E-state index contributed by atoms with van der Waals surface area (Å²) in [6, 6.07) is 7.27. The van der Waals surface area contributed by atoms with Crippen LogP contribution in [-0.2, 0) is 19.9 Å². The van der Waals surface area contributed by atoms with Crippen molar-refractivity contribution >= 4 is 34.7 Å². The zero-order chi connectivity index (χ0) is 24.3. The fourth-order valence-corrected chi connectivity index (χ4v) is 7.66. The summed E-state index contributed by atoms with van der Waals surface area (Å²) in [5.74, 6) is -0.423. The standard InChI is InChI=1S/C26H34N2O5S2/c29-24(26(31,22-8-4-16-34-22)23-9-5-17-35-23)33-21-18-28(12-10-19(21)11-13-28)14-15-32-25(30)27-20-6-2-1-3-7-20/h4-5,8-9,16-17,19-21H,1-3,6-7,10-15,18H2,(H,27,30). The minimum atomic E-state index is -2.03. The second kappa shape index (κ2) is 10.6. The molecule has 5 heterocycles. The third kappa shape index (κ3) is 5.28. The Bertz CT molecular complexity index is 945. The molecule has 2 bridgehead atoms. The Morgan fingerprint density at radius 2 is 1.69 bits per heavy atom. The van der Waals surface area contributed by atoms with Crippen molar-refractivity contribution in [1.82, 2.24) is 5.32 Å². The summed E-state index contributed by atoms with van der Waals surface area (Å²) in [7, 11) is 0. The lowest BCUT2D eigenvalue weighted by atomic mass is 9.83. The number of esters is 1. The highest BCUT2D eigenvalue weighted by Gasteiger charge is 2.49. The molecule has 2 aromatic rings. The van der Waals surface area contributed by atoms with Crippen LogP contribution in [0.2, 0.25) is 0 Å². The topological polar surface area (TPSA) is 87.7 Å². The molecule has 1 saturated carbocycles. The molecule has 2 aromatic heterocycles. The van der Waals surface area contributed by atoms with Crippen LogP contribution in [0.4, 0.5) is 4.79 Å². The van der Waals surface area contributed by atoms with Gasteiger partial charge in [-0.25, -0.2) is 4.79 Å². The molecule has 3 aliphatic heterocycles. The van der Waals surface area contributed by atoms with Gasteiger partial charge in [-0.2, -0.15) is 0 Å². The van der Waals surface area contributed by atoms with Crippen LogP contribution in [0.1, 0.15) is 54.7 Å². The van der Waals surface area contributed by atoms with Gasteiger partial charge in [-0.3, -0.25) is 4.79 Å². The van der Waals surface area contributed by atoms with Crippen LogP contribution >= 0.6 is 22.7 Å². The number of piperidine rings is 3. The number of amides is 1. The predicted octanol–water partition coefficient (Wildman–Crippen LogP) is 3.62. The van der Waals surface area contributed by atoms with Crippen LogP contribution in [0.5, 0.6) is 0 Å². The molecule has 0 radical (unpaired) electrons. The molecule has 0 aromatic carbocycles. The molecule has 1 amide bonds. The Labute approximate surface area is 214 Å². The lowest BCUT2D eigenvalue weighted by molar-refractivity contribution is -0.946. The number of fused-ring (bicyclic) bond motifs is 3. The molecule has 1 N–H and O–H groups in total. The van der Waals surface area contributed by atoms with E-state index in [4.69, 9.17) is 9.47 Å². The molecule has 4 fully saturated rings. The number of rotatable bonds is 8. The molecule has 0 spiro atoms. The number of nitrogens with one attached hydrogen (secondary N) is 1. The summed E-state index contributed by atoms with van der Waals surface area (Å²) >= 11 is 2.59. The minimum absolute atomic E-state index is 0.233. The average molecular weight is 519 g/mol. The van der Waals surface area contributed by atoms with E-state index in [1.54, 1.807) is 24.3 Å².